The van der Waals surface area contributed by atoms with E-state index in [9.17, 15) is 9.18 Å². The van der Waals surface area contributed by atoms with E-state index in [-0.39, 0.29) is 18.1 Å². The van der Waals surface area contributed by atoms with E-state index in [0.717, 1.165) is 28.1 Å². The summed E-state index contributed by atoms with van der Waals surface area (Å²) in [6, 6.07) is 21.3. The van der Waals surface area contributed by atoms with Gasteiger partial charge in [0.2, 0.25) is 23.8 Å². The highest BCUT2D eigenvalue weighted by Crippen LogP contribution is 2.19. The number of hydrogen-bond acceptors (Lipinski definition) is 11. The lowest BCUT2D eigenvalue weighted by Crippen LogP contribution is -2.29. The molecule has 0 atom stereocenters. The molecule has 0 aliphatic carbocycles. The maximum atomic E-state index is 13.3. The van der Waals surface area contributed by atoms with Gasteiger partial charge in [0, 0.05) is 31.9 Å². The maximum Gasteiger partial charge on any atom is 0.233 e. The van der Waals surface area contributed by atoms with Crippen molar-refractivity contribution >= 4 is 29.4 Å². The minimum atomic E-state index is -0.298. The van der Waals surface area contributed by atoms with Crippen LogP contribution in [0.1, 0.15) is 16.7 Å². The third-order valence-corrected chi connectivity index (χ3v) is 6.39. The number of nitrogens with two attached hydrogens (primary N) is 1. The van der Waals surface area contributed by atoms with Crippen molar-refractivity contribution in [1.82, 2.24) is 20.3 Å². The van der Waals surface area contributed by atoms with Crippen LogP contribution in [0.3, 0.4) is 0 Å². The van der Waals surface area contributed by atoms with Gasteiger partial charge < -0.3 is 41.2 Å². The van der Waals surface area contributed by atoms with Gasteiger partial charge in [-0.15, -0.1) is 0 Å². The summed E-state index contributed by atoms with van der Waals surface area (Å²) in [6.07, 6.45) is 0.239. The second-order valence-corrected chi connectivity index (χ2v) is 9.85. The van der Waals surface area contributed by atoms with Crippen LogP contribution in [-0.4, -0.2) is 67.5 Å². The highest BCUT2D eigenvalue weighted by atomic mass is 19.1. The Morgan fingerprint density at radius 3 is 1.89 bits per heavy atom. The molecule has 3 aromatic carbocycles. The standard InChI is InChI=1S/C32H39FN8O4/c1-43-28-12-6-25(7-13-28)22-37-31-39-30(36-21-24-2-8-26(33)9-3-24)40-32(41-31)38-27-10-4-23(5-11-27)20-29(42)35-15-17-45-19-18-44-16-14-34/h2-13H,14-22,34H2,1H3,(H,35,42)(H3,36,37,38,39,40,41). The molecule has 13 heteroatoms. The van der Waals surface area contributed by atoms with Gasteiger partial charge in [0.15, 0.2) is 0 Å². The molecular weight excluding hydrogens is 579 g/mol. The smallest absolute Gasteiger partial charge is 0.233 e. The summed E-state index contributed by atoms with van der Waals surface area (Å²) in [7, 11) is 1.63. The lowest BCUT2D eigenvalue weighted by Gasteiger charge is -2.12. The number of carbonyl (C=O) groups excluding carboxylic acids is 1. The molecule has 4 aromatic rings. The number of hydrogen-bond donors (Lipinski definition) is 5. The van der Waals surface area contributed by atoms with Crippen molar-refractivity contribution in [3.8, 4) is 5.75 Å². The predicted molar refractivity (Wildman–Crippen MR) is 171 cm³/mol. The van der Waals surface area contributed by atoms with Crippen molar-refractivity contribution in [3.63, 3.8) is 0 Å². The third kappa shape index (κ3) is 12.0. The summed E-state index contributed by atoms with van der Waals surface area (Å²) in [5, 5.41) is 12.5. The van der Waals surface area contributed by atoms with Gasteiger partial charge in [0.25, 0.3) is 0 Å². The van der Waals surface area contributed by atoms with E-state index in [0.29, 0.717) is 70.5 Å². The van der Waals surface area contributed by atoms with Crippen molar-refractivity contribution in [2.75, 3.05) is 62.6 Å². The highest BCUT2D eigenvalue weighted by Gasteiger charge is 2.09. The minimum absolute atomic E-state index is 0.0967. The van der Waals surface area contributed by atoms with E-state index < -0.39 is 0 Å². The summed E-state index contributed by atoms with van der Waals surface area (Å²) in [5.41, 5.74) is 8.85. The van der Waals surface area contributed by atoms with Crippen LogP contribution in [0.4, 0.5) is 27.9 Å². The van der Waals surface area contributed by atoms with Crippen LogP contribution in [0.25, 0.3) is 0 Å². The number of rotatable bonds is 19. The van der Waals surface area contributed by atoms with Crippen LogP contribution in [0, 0.1) is 5.82 Å². The molecule has 1 heterocycles. The molecule has 45 heavy (non-hydrogen) atoms. The second kappa shape index (κ2) is 18.1. The summed E-state index contributed by atoms with van der Waals surface area (Å²) in [6.45, 7) is 3.62. The maximum absolute atomic E-state index is 13.3. The fraction of sp³-hybridized carbons (Fsp3) is 0.312. The van der Waals surface area contributed by atoms with E-state index in [2.05, 4.69) is 36.2 Å². The summed E-state index contributed by atoms with van der Waals surface area (Å²) in [5.74, 6) is 1.41. The molecule has 0 aliphatic rings. The lowest BCUT2D eigenvalue weighted by molar-refractivity contribution is -0.120. The first-order valence-electron chi connectivity index (χ1n) is 14.6. The fourth-order valence-corrected chi connectivity index (χ4v) is 4.05. The molecule has 0 spiro atoms. The molecule has 0 unspecified atom stereocenters. The zero-order chi connectivity index (χ0) is 31.7. The Balaban J connectivity index is 1.33. The molecular formula is C32H39FN8O4. The van der Waals surface area contributed by atoms with Crippen molar-refractivity contribution in [2.45, 2.75) is 19.5 Å². The van der Waals surface area contributed by atoms with Crippen molar-refractivity contribution in [3.05, 3.63) is 95.3 Å². The summed E-state index contributed by atoms with van der Waals surface area (Å²) in [4.78, 5) is 25.9. The lowest BCUT2D eigenvalue weighted by atomic mass is 10.1. The third-order valence-electron chi connectivity index (χ3n) is 6.39. The van der Waals surface area contributed by atoms with Crippen LogP contribution in [0.15, 0.2) is 72.8 Å². The Morgan fingerprint density at radius 1 is 0.733 bits per heavy atom. The van der Waals surface area contributed by atoms with E-state index >= 15 is 0 Å². The Labute approximate surface area is 261 Å². The highest BCUT2D eigenvalue weighted by molar-refractivity contribution is 5.78. The number of nitrogens with zero attached hydrogens (tertiary/aromatic N) is 3. The van der Waals surface area contributed by atoms with E-state index in [4.69, 9.17) is 19.9 Å². The zero-order valence-electron chi connectivity index (χ0n) is 25.2. The molecule has 6 N–H and O–H groups in total. The number of anilines is 4. The summed E-state index contributed by atoms with van der Waals surface area (Å²) < 4.78 is 29.2. The zero-order valence-corrected chi connectivity index (χ0v) is 25.2. The normalized spacial score (nSPS) is 10.7. The van der Waals surface area contributed by atoms with Crippen LogP contribution >= 0.6 is 0 Å². The molecule has 0 aliphatic heterocycles. The van der Waals surface area contributed by atoms with Crippen LogP contribution in [0.5, 0.6) is 5.75 Å². The Hall–Kier alpha value is -4.85. The number of methoxy groups -OCH3 is 1. The van der Waals surface area contributed by atoms with Crippen LogP contribution in [0.2, 0.25) is 0 Å². The number of amides is 1. The number of aromatic nitrogens is 3. The van der Waals surface area contributed by atoms with E-state index in [1.165, 1.54) is 12.1 Å². The largest absolute Gasteiger partial charge is 0.497 e. The molecule has 238 valence electrons. The molecule has 12 nitrogen and oxygen atoms in total. The first-order valence-corrected chi connectivity index (χ1v) is 14.6. The molecule has 1 amide bonds. The Morgan fingerprint density at radius 2 is 1.29 bits per heavy atom. The number of ether oxygens (including phenoxy) is 3. The van der Waals surface area contributed by atoms with E-state index in [1.54, 1.807) is 19.2 Å². The number of halogens is 1. The quantitative estimate of drug-likeness (QED) is 0.0978. The number of nitrogens with one attached hydrogen (secondary N) is 4. The molecule has 0 saturated heterocycles. The average Bonchev–Trinajstić information content (AvgIpc) is 3.06. The Kier molecular flexibility index (Phi) is 13.3. The van der Waals surface area contributed by atoms with Gasteiger partial charge in [0.05, 0.1) is 40.0 Å². The SMILES string of the molecule is COc1ccc(CNc2nc(NCc3ccc(F)cc3)nc(Nc3ccc(CC(=O)NCCOCCOCCN)cc3)n2)cc1. The molecule has 0 saturated carbocycles. The first-order chi connectivity index (χ1) is 22.0. The van der Waals surface area contributed by atoms with Gasteiger partial charge in [-0.05, 0) is 53.1 Å². The van der Waals surface area contributed by atoms with E-state index in [1.807, 2.05) is 48.5 Å². The second-order valence-electron chi connectivity index (χ2n) is 9.85. The monoisotopic (exact) mass is 618 g/mol. The molecule has 1 aromatic heterocycles. The van der Waals surface area contributed by atoms with Gasteiger partial charge in [0.1, 0.15) is 11.6 Å². The van der Waals surface area contributed by atoms with Gasteiger partial charge in [-0.3, -0.25) is 4.79 Å². The minimum Gasteiger partial charge on any atom is -0.497 e. The van der Waals surface area contributed by atoms with Crippen molar-refractivity contribution < 1.29 is 23.4 Å². The van der Waals surface area contributed by atoms with Crippen molar-refractivity contribution in [2.24, 2.45) is 5.73 Å². The average molecular weight is 619 g/mol. The number of carbonyl (C=O) groups is 1. The van der Waals surface area contributed by atoms with Crippen LogP contribution in [-0.2, 0) is 33.8 Å². The fourth-order valence-electron chi connectivity index (χ4n) is 4.05. The van der Waals surface area contributed by atoms with Gasteiger partial charge >= 0.3 is 0 Å². The molecule has 4 rings (SSSR count). The molecule has 0 fully saturated rings. The first kappa shape index (κ1) is 33.1. The molecule has 0 radical (unpaired) electrons. The van der Waals surface area contributed by atoms with Gasteiger partial charge in [-0.1, -0.05) is 36.4 Å². The van der Waals surface area contributed by atoms with Gasteiger partial charge in [-0.25, -0.2) is 4.39 Å². The molecule has 0 bridgehead atoms. The van der Waals surface area contributed by atoms with Crippen molar-refractivity contribution in [1.29, 1.82) is 0 Å². The van der Waals surface area contributed by atoms with Gasteiger partial charge in [-0.2, -0.15) is 15.0 Å². The summed E-state index contributed by atoms with van der Waals surface area (Å²) >= 11 is 0. The number of benzene rings is 3. The Bertz CT molecular complexity index is 1460. The van der Waals surface area contributed by atoms with Crippen LogP contribution < -0.4 is 31.7 Å². The topological polar surface area (TPSA) is 158 Å². The predicted octanol–water partition coefficient (Wildman–Crippen LogP) is 3.64.